The molecule has 2 aromatic rings. The van der Waals surface area contributed by atoms with Crippen LogP contribution in [0.2, 0.25) is 0 Å². The Morgan fingerprint density at radius 3 is 2.48 bits per heavy atom. The first-order valence-corrected chi connectivity index (χ1v) is 10.4. The van der Waals surface area contributed by atoms with E-state index in [1.54, 1.807) is 6.07 Å². The molecule has 0 amide bonds. The second kappa shape index (κ2) is 8.68. The van der Waals surface area contributed by atoms with Crippen molar-refractivity contribution in [2.75, 3.05) is 33.2 Å². The summed E-state index contributed by atoms with van der Waals surface area (Å²) in [6.07, 6.45) is 0. The Hall–Kier alpha value is -2.82. The lowest BCUT2D eigenvalue weighted by molar-refractivity contribution is -0.384. The number of nitro groups is 1. The van der Waals surface area contributed by atoms with Crippen LogP contribution in [0.15, 0.2) is 53.4 Å². The molecule has 0 bridgehead atoms. The minimum absolute atomic E-state index is 0.0341. The third-order valence-electron chi connectivity index (χ3n) is 4.66. The van der Waals surface area contributed by atoms with Crippen LogP contribution in [-0.4, -0.2) is 61.7 Å². The Bertz CT molecular complexity index is 1020. The quantitative estimate of drug-likeness (QED) is 0.399. The van der Waals surface area contributed by atoms with Gasteiger partial charge in [0.25, 0.3) is 5.69 Å². The molecule has 0 aliphatic carbocycles. The second-order valence-corrected chi connectivity index (χ2v) is 8.68. The summed E-state index contributed by atoms with van der Waals surface area (Å²) in [5.74, 6) is -0.702. The first-order valence-electron chi connectivity index (χ1n) is 8.96. The molecule has 29 heavy (non-hydrogen) atoms. The first-order chi connectivity index (χ1) is 13.8. The molecule has 1 fully saturated rings. The third kappa shape index (κ3) is 4.97. The molecule has 1 aliphatic rings. The lowest BCUT2D eigenvalue weighted by Crippen LogP contribution is -2.47. The highest BCUT2D eigenvalue weighted by Crippen LogP contribution is 2.20. The standard InChI is InChI=1S/C19H21N3O6S/c1-20-8-10-21(11-9-20)29(26,27)18-7-3-5-16(13-18)19(23)28-14-15-4-2-6-17(12-15)22(24)25/h2-7,12-13H,8-11,14H2,1H3. The van der Waals surface area contributed by atoms with Crippen LogP contribution < -0.4 is 0 Å². The van der Waals surface area contributed by atoms with Gasteiger partial charge in [-0.2, -0.15) is 4.31 Å². The van der Waals surface area contributed by atoms with Crippen molar-refractivity contribution in [2.24, 2.45) is 0 Å². The van der Waals surface area contributed by atoms with E-state index in [0.717, 1.165) is 0 Å². The Morgan fingerprint density at radius 2 is 1.79 bits per heavy atom. The average molecular weight is 419 g/mol. The van der Waals surface area contributed by atoms with Crippen molar-refractivity contribution in [2.45, 2.75) is 11.5 Å². The number of piperazine rings is 1. The predicted molar refractivity (Wildman–Crippen MR) is 105 cm³/mol. The zero-order valence-electron chi connectivity index (χ0n) is 15.9. The number of hydrogen-bond acceptors (Lipinski definition) is 7. The summed E-state index contributed by atoms with van der Waals surface area (Å²) >= 11 is 0. The minimum atomic E-state index is -3.70. The molecule has 1 aliphatic heterocycles. The van der Waals surface area contributed by atoms with Gasteiger partial charge >= 0.3 is 5.97 Å². The maximum Gasteiger partial charge on any atom is 0.338 e. The van der Waals surface area contributed by atoms with Gasteiger partial charge in [0.1, 0.15) is 6.61 Å². The number of rotatable bonds is 6. The van der Waals surface area contributed by atoms with Gasteiger partial charge in [0, 0.05) is 38.3 Å². The summed E-state index contributed by atoms with van der Waals surface area (Å²) < 4.78 is 32.3. The molecule has 2 aromatic carbocycles. The number of esters is 1. The number of ether oxygens (including phenoxy) is 1. The topological polar surface area (TPSA) is 110 Å². The fourth-order valence-corrected chi connectivity index (χ4v) is 4.42. The number of nitrogens with zero attached hydrogens (tertiary/aromatic N) is 3. The molecule has 0 aromatic heterocycles. The Balaban J connectivity index is 1.71. The van der Waals surface area contributed by atoms with Gasteiger partial charge in [-0.1, -0.05) is 18.2 Å². The van der Waals surface area contributed by atoms with E-state index in [-0.39, 0.29) is 22.8 Å². The molecular formula is C19H21N3O6S. The molecule has 9 nitrogen and oxygen atoms in total. The molecule has 0 unspecified atom stereocenters. The number of nitro benzene ring substituents is 1. The molecular weight excluding hydrogens is 398 g/mol. The molecule has 3 rings (SSSR count). The summed E-state index contributed by atoms with van der Waals surface area (Å²) in [6.45, 7) is 1.91. The van der Waals surface area contributed by atoms with Gasteiger partial charge in [-0.05, 0) is 30.8 Å². The van der Waals surface area contributed by atoms with Crippen molar-refractivity contribution < 1.29 is 22.9 Å². The minimum Gasteiger partial charge on any atom is -0.457 e. The van der Waals surface area contributed by atoms with E-state index in [0.29, 0.717) is 31.7 Å². The number of carbonyl (C=O) groups is 1. The zero-order valence-corrected chi connectivity index (χ0v) is 16.7. The highest BCUT2D eigenvalue weighted by atomic mass is 32.2. The Labute approximate surface area is 168 Å². The smallest absolute Gasteiger partial charge is 0.338 e. The molecule has 10 heteroatoms. The molecule has 1 heterocycles. The van der Waals surface area contributed by atoms with Crippen LogP contribution in [0.25, 0.3) is 0 Å². The SMILES string of the molecule is CN1CCN(S(=O)(=O)c2cccc(C(=O)OCc3cccc([N+](=O)[O-])c3)c2)CC1. The molecule has 0 radical (unpaired) electrons. The van der Waals surface area contributed by atoms with E-state index >= 15 is 0 Å². The second-order valence-electron chi connectivity index (χ2n) is 6.74. The van der Waals surface area contributed by atoms with E-state index in [1.807, 2.05) is 11.9 Å². The maximum absolute atomic E-state index is 12.8. The van der Waals surface area contributed by atoms with Gasteiger partial charge in [-0.15, -0.1) is 0 Å². The molecule has 0 saturated carbocycles. The molecule has 1 saturated heterocycles. The number of sulfonamides is 1. The van der Waals surface area contributed by atoms with Crippen molar-refractivity contribution in [3.05, 3.63) is 69.8 Å². The van der Waals surface area contributed by atoms with Crippen LogP contribution in [0.4, 0.5) is 5.69 Å². The zero-order chi connectivity index (χ0) is 21.0. The first kappa shape index (κ1) is 20.9. The van der Waals surface area contributed by atoms with Crippen molar-refractivity contribution >= 4 is 21.7 Å². The van der Waals surface area contributed by atoms with Crippen LogP contribution in [0.1, 0.15) is 15.9 Å². The lowest BCUT2D eigenvalue weighted by atomic mass is 10.2. The Kier molecular flexibility index (Phi) is 6.26. The van der Waals surface area contributed by atoms with Crippen molar-refractivity contribution in [1.82, 2.24) is 9.21 Å². The summed E-state index contributed by atoms with van der Waals surface area (Å²) in [5, 5.41) is 10.8. The number of hydrogen-bond donors (Lipinski definition) is 0. The van der Waals surface area contributed by atoms with Gasteiger partial charge in [0.2, 0.25) is 10.0 Å². The summed E-state index contributed by atoms with van der Waals surface area (Å²) in [5.41, 5.74) is 0.471. The molecule has 0 spiro atoms. The third-order valence-corrected chi connectivity index (χ3v) is 6.56. The monoisotopic (exact) mass is 419 g/mol. The van der Waals surface area contributed by atoms with Gasteiger partial charge in [-0.3, -0.25) is 10.1 Å². The Morgan fingerprint density at radius 1 is 1.10 bits per heavy atom. The summed E-state index contributed by atoms with van der Waals surface area (Å²) in [7, 11) is -1.77. The van der Waals surface area contributed by atoms with Crippen molar-refractivity contribution in [1.29, 1.82) is 0 Å². The largest absolute Gasteiger partial charge is 0.457 e. The molecule has 0 N–H and O–H groups in total. The number of non-ortho nitro benzene ring substituents is 1. The van der Waals surface area contributed by atoms with Crippen LogP contribution in [0.3, 0.4) is 0 Å². The van der Waals surface area contributed by atoms with E-state index in [4.69, 9.17) is 4.74 Å². The highest BCUT2D eigenvalue weighted by molar-refractivity contribution is 7.89. The maximum atomic E-state index is 12.8. The summed E-state index contributed by atoms with van der Waals surface area (Å²) in [4.78, 5) is 24.7. The average Bonchev–Trinajstić information content (AvgIpc) is 2.72. The van der Waals surface area contributed by atoms with E-state index in [1.165, 1.54) is 46.8 Å². The molecule has 154 valence electrons. The van der Waals surface area contributed by atoms with Gasteiger partial charge in [-0.25, -0.2) is 13.2 Å². The van der Waals surface area contributed by atoms with Crippen LogP contribution >= 0.6 is 0 Å². The summed E-state index contributed by atoms with van der Waals surface area (Å²) in [6, 6.07) is 11.5. The van der Waals surface area contributed by atoms with E-state index < -0.39 is 20.9 Å². The van der Waals surface area contributed by atoms with Gasteiger partial charge < -0.3 is 9.64 Å². The highest BCUT2D eigenvalue weighted by Gasteiger charge is 2.28. The van der Waals surface area contributed by atoms with Gasteiger partial charge in [0.05, 0.1) is 15.4 Å². The lowest BCUT2D eigenvalue weighted by Gasteiger charge is -2.31. The van der Waals surface area contributed by atoms with Crippen molar-refractivity contribution in [3.63, 3.8) is 0 Å². The number of carbonyl (C=O) groups excluding carboxylic acids is 1. The van der Waals surface area contributed by atoms with Crippen LogP contribution in [-0.2, 0) is 21.4 Å². The predicted octanol–water partition coefficient (Wildman–Crippen LogP) is 1.89. The van der Waals surface area contributed by atoms with E-state index in [9.17, 15) is 23.3 Å². The van der Waals surface area contributed by atoms with Crippen LogP contribution in [0, 0.1) is 10.1 Å². The number of likely N-dealkylation sites (N-methyl/N-ethyl adjacent to an activating group) is 1. The van der Waals surface area contributed by atoms with Crippen LogP contribution in [0.5, 0.6) is 0 Å². The van der Waals surface area contributed by atoms with E-state index in [2.05, 4.69) is 0 Å². The fraction of sp³-hybridized carbons (Fsp3) is 0.316. The van der Waals surface area contributed by atoms with Gasteiger partial charge in [0.15, 0.2) is 0 Å². The fourth-order valence-electron chi connectivity index (χ4n) is 2.95. The molecule has 0 atom stereocenters. The van der Waals surface area contributed by atoms with Crippen molar-refractivity contribution in [3.8, 4) is 0 Å². The number of benzene rings is 2. The normalized spacial score (nSPS) is 15.8.